The van der Waals surface area contributed by atoms with E-state index in [1.807, 2.05) is 0 Å². The molecule has 0 aliphatic rings. The highest BCUT2D eigenvalue weighted by Crippen LogP contribution is 2.16. The van der Waals surface area contributed by atoms with Gasteiger partial charge in [0.25, 0.3) is 5.91 Å². The number of benzene rings is 1. The number of carboxylic acids is 1. The molecule has 0 saturated heterocycles. The maximum atomic E-state index is 13.6. The molecule has 1 atom stereocenters. The van der Waals surface area contributed by atoms with E-state index in [1.54, 1.807) is 0 Å². The maximum Gasteiger partial charge on any atom is 0.328 e. The van der Waals surface area contributed by atoms with Crippen LogP contribution in [0.15, 0.2) is 18.2 Å². The second-order valence-corrected chi connectivity index (χ2v) is 3.67. The summed E-state index contributed by atoms with van der Waals surface area (Å²) in [6.07, 6.45) is 0. The van der Waals surface area contributed by atoms with Gasteiger partial charge in [-0.15, -0.1) is 0 Å². The Bertz CT molecular complexity index is 477. The first-order valence-corrected chi connectivity index (χ1v) is 5.35. The van der Waals surface area contributed by atoms with Gasteiger partial charge in [-0.2, -0.15) is 0 Å². The van der Waals surface area contributed by atoms with Crippen molar-refractivity contribution in [2.24, 2.45) is 0 Å². The number of rotatable bonds is 6. The molecular formula is C12H14FNO5. The second-order valence-electron chi connectivity index (χ2n) is 3.67. The maximum absolute atomic E-state index is 13.6. The normalized spacial score (nSPS) is 11.7. The van der Waals surface area contributed by atoms with Gasteiger partial charge in [-0.1, -0.05) is 0 Å². The lowest BCUT2D eigenvalue weighted by molar-refractivity contribution is -0.140. The smallest absolute Gasteiger partial charge is 0.328 e. The van der Waals surface area contributed by atoms with Gasteiger partial charge in [-0.25, -0.2) is 9.18 Å². The van der Waals surface area contributed by atoms with Gasteiger partial charge in [0.1, 0.15) is 11.6 Å². The van der Waals surface area contributed by atoms with Crippen molar-refractivity contribution >= 4 is 11.9 Å². The summed E-state index contributed by atoms with van der Waals surface area (Å²) in [7, 11) is 2.67. The Morgan fingerprint density at radius 1 is 1.42 bits per heavy atom. The van der Waals surface area contributed by atoms with E-state index < -0.39 is 23.7 Å². The van der Waals surface area contributed by atoms with E-state index in [4.69, 9.17) is 9.84 Å². The van der Waals surface area contributed by atoms with Crippen LogP contribution in [0.1, 0.15) is 10.4 Å². The molecule has 1 aromatic carbocycles. The number of hydrogen-bond donors (Lipinski definition) is 2. The largest absolute Gasteiger partial charge is 0.497 e. The molecule has 1 unspecified atom stereocenters. The van der Waals surface area contributed by atoms with Crippen LogP contribution in [0.2, 0.25) is 0 Å². The standard InChI is InChI=1S/C12H14FNO5/c1-18-6-10(12(16)17)14-11(15)8-4-3-7(19-2)5-9(8)13/h3-5,10H,6H2,1-2H3,(H,14,15)(H,16,17). The van der Waals surface area contributed by atoms with Crippen molar-refractivity contribution in [3.05, 3.63) is 29.6 Å². The minimum Gasteiger partial charge on any atom is -0.497 e. The van der Waals surface area contributed by atoms with E-state index in [0.717, 1.165) is 6.07 Å². The van der Waals surface area contributed by atoms with Gasteiger partial charge >= 0.3 is 5.97 Å². The zero-order valence-corrected chi connectivity index (χ0v) is 10.5. The summed E-state index contributed by atoms with van der Waals surface area (Å²) in [6, 6.07) is 2.43. The minimum atomic E-state index is -1.26. The Labute approximate surface area is 109 Å². The number of ether oxygens (including phenoxy) is 2. The summed E-state index contributed by atoms with van der Waals surface area (Å²) >= 11 is 0. The molecule has 0 aromatic heterocycles. The van der Waals surface area contributed by atoms with E-state index in [1.165, 1.54) is 26.4 Å². The zero-order valence-electron chi connectivity index (χ0n) is 10.5. The Morgan fingerprint density at radius 3 is 2.58 bits per heavy atom. The molecule has 0 saturated carbocycles. The first-order chi connectivity index (χ1) is 8.99. The van der Waals surface area contributed by atoms with E-state index in [2.05, 4.69) is 10.1 Å². The molecule has 0 radical (unpaired) electrons. The number of aliphatic carboxylic acids is 1. The van der Waals surface area contributed by atoms with Crippen molar-refractivity contribution < 1.29 is 28.6 Å². The zero-order chi connectivity index (χ0) is 14.4. The van der Waals surface area contributed by atoms with Crippen molar-refractivity contribution in [2.75, 3.05) is 20.8 Å². The Morgan fingerprint density at radius 2 is 2.11 bits per heavy atom. The summed E-state index contributed by atoms with van der Waals surface area (Å²) in [4.78, 5) is 22.6. The lowest BCUT2D eigenvalue weighted by Crippen LogP contribution is -2.44. The molecule has 1 aromatic rings. The number of nitrogens with one attached hydrogen (secondary N) is 1. The number of amides is 1. The predicted octanol–water partition coefficient (Wildman–Crippen LogP) is 0.664. The molecule has 0 spiro atoms. The molecule has 2 N–H and O–H groups in total. The highest BCUT2D eigenvalue weighted by molar-refractivity contribution is 5.96. The van der Waals surface area contributed by atoms with Crippen LogP contribution in [0.25, 0.3) is 0 Å². The number of halogens is 1. The van der Waals surface area contributed by atoms with Crippen LogP contribution in [0.3, 0.4) is 0 Å². The Kier molecular flexibility index (Phi) is 5.25. The molecule has 7 heteroatoms. The summed E-state index contributed by atoms with van der Waals surface area (Å²) < 4.78 is 23.1. The molecule has 6 nitrogen and oxygen atoms in total. The molecule has 0 heterocycles. The summed E-state index contributed by atoms with van der Waals surface area (Å²) in [6.45, 7) is -0.209. The number of hydrogen-bond acceptors (Lipinski definition) is 4. The van der Waals surface area contributed by atoms with Crippen LogP contribution >= 0.6 is 0 Å². The fraction of sp³-hybridized carbons (Fsp3) is 0.333. The fourth-order valence-electron chi connectivity index (χ4n) is 1.38. The highest BCUT2D eigenvalue weighted by Gasteiger charge is 2.22. The number of carbonyl (C=O) groups excluding carboxylic acids is 1. The summed E-state index contributed by atoms with van der Waals surface area (Å²) in [5, 5.41) is 11.0. The predicted molar refractivity (Wildman–Crippen MR) is 63.7 cm³/mol. The fourth-order valence-corrected chi connectivity index (χ4v) is 1.38. The van der Waals surface area contributed by atoms with Crippen molar-refractivity contribution in [3.63, 3.8) is 0 Å². The second kappa shape index (κ2) is 6.69. The van der Waals surface area contributed by atoms with Gasteiger partial charge < -0.3 is 19.9 Å². The highest BCUT2D eigenvalue weighted by atomic mass is 19.1. The van der Waals surface area contributed by atoms with Crippen LogP contribution in [0.5, 0.6) is 5.75 Å². The summed E-state index contributed by atoms with van der Waals surface area (Å²) in [5.41, 5.74) is -0.261. The van der Waals surface area contributed by atoms with Crippen LogP contribution in [0.4, 0.5) is 4.39 Å². The van der Waals surface area contributed by atoms with Crippen LogP contribution < -0.4 is 10.1 Å². The van der Waals surface area contributed by atoms with Crippen molar-refractivity contribution in [1.82, 2.24) is 5.32 Å². The van der Waals surface area contributed by atoms with E-state index in [-0.39, 0.29) is 17.9 Å². The van der Waals surface area contributed by atoms with Crippen molar-refractivity contribution in [3.8, 4) is 5.75 Å². The SMILES string of the molecule is COCC(NC(=O)c1ccc(OC)cc1F)C(=O)O. The first-order valence-electron chi connectivity index (χ1n) is 5.35. The van der Waals surface area contributed by atoms with Gasteiger partial charge in [0.2, 0.25) is 0 Å². The molecular weight excluding hydrogens is 257 g/mol. The van der Waals surface area contributed by atoms with E-state index in [0.29, 0.717) is 0 Å². The third-order valence-electron chi connectivity index (χ3n) is 2.36. The third-order valence-corrected chi connectivity index (χ3v) is 2.36. The van der Waals surface area contributed by atoms with Crippen LogP contribution in [-0.4, -0.2) is 43.9 Å². The van der Waals surface area contributed by atoms with Gasteiger partial charge in [-0.3, -0.25) is 4.79 Å². The average Bonchev–Trinajstić information content (AvgIpc) is 2.37. The molecule has 1 rings (SSSR count). The van der Waals surface area contributed by atoms with Crippen LogP contribution in [0, 0.1) is 5.82 Å². The minimum absolute atomic E-state index is 0.209. The monoisotopic (exact) mass is 271 g/mol. The Hall–Kier alpha value is -2.15. The van der Waals surface area contributed by atoms with Gasteiger partial charge in [0.15, 0.2) is 6.04 Å². The molecule has 0 aliphatic carbocycles. The molecule has 0 aliphatic heterocycles. The lowest BCUT2D eigenvalue weighted by atomic mass is 10.1. The molecule has 104 valence electrons. The van der Waals surface area contributed by atoms with Crippen molar-refractivity contribution in [2.45, 2.75) is 6.04 Å². The van der Waals surface area contributed by atoms with Crippen molar-refractivity contribution in [1.29, 1.82) is 0 Å². The van der Waals surface area contributed by atoms with Gasteiger partial charge in [-0.05, 0) is 12.1 Å². The quantitative estimate of drug-likeness (QED) is 0.794. The van der Waals surface area contributed by atoms with Crippen LogP contribution in [-0.2, 0) is 9.53 Å². The number of methoxy groups -OCH3 is 2. The molecule has 0 fully saturated rings. The Balaban J connectivity index is 2.85. The number of carboxylic acid groups (broad SMARTS) is 1. The van der Waals surface area contributed by atoms with E-state index >= 15 is 0 Å². The molecule has 1 amide bonds. The number of carbonyl (C=O) groups is 2. The molecule has 19 heavy (non-hydrogen) atoms. The van der Waals surface area contributed by atoms with Gasteiger partial charge in [0, 0.05) is 13.2 Å². The first kappa shape index (κ1) is 14.9. The van der Waals surface area contributed by atoms with E-state index in [9.17, 15) is 14.0 Å². The topological polar surface area (TPSA) is 84.9 Å². The third kappa shape index (κ3) is 3.92. The molecule has 0 bridgehead atoms. The lowest BCUT2D eigenvalue weighted by Gasteiger charge is -2.14. The summed E-state index contributed by atoms with van der Waals surface area (Å²) in [5.74, 6) is -2.62. The average molecular weight is 271 g/mol. The van der Waals surface area contributed by atoms with Gasteiger partial charge in [0.05, 0.1) is 19.3 Å².